The molecule has 0 spiro atoms. The van der Waals surface area contributed by atoms with Crippen LogP contribution in [-0.2, 0) is 19.0 Å². The van der Waals surface area contributed by atoms with Crippen molar-refractivity contribution in [3.63, 3.8) is 0 Å². The first kappa shape index (κ1) is 21.6. The van der Waals surface area contributed by atoms with E-state index in [1.807, 2.05) is 4.90 Å². The van der Waals surface area contributed by atoms with Crippen molar-refractivity contribution < 1.29 is 19.0 Å². The van der Waals surface area contributed by atoms with Crippen LogP contribution in [0.25, 0.3) is 0 Å². The van der Waals surface area contributed by atoms with Gasteiger partial charge in [-0.15, -0.1) is 12.4 Å². The molecule has 0 aromatic heterocycles. The van der Waals surface area contributed by atoms with Crippen molar-refractivity contribution >= 4 is 18.3 Å². The Morgan fingerprint density at radius 1 is 1.05 bits per heavy atom. The molecule has 1 saturated heterocycles. The summed E-state index contributed by atoms with van der Waals surface area (Å²) in [5.74, 6) is 0.194. The van der Waals surface area contributed by atoms with Crippen molar-refractivity contribution in [2.75, 3.05) is 67.3 Å². The van der Waals surface area contributed by atoms with Crippen LogP contribution in [0.2, 0.25) is 0 Å². The van der Waals surface area contributed by atoms with Crippen LogP contribution in [-0.4, -0.2) is 78.1 Å². The Kier molecular flexibility index (Phi) is 11.9. The third kappa shape index (κ3) is 6.38. The number of hydrogen-bond donors (Lipinski definition) is 1. The average molecular weight is 339 g/mol. The van der Waals surface area contributed by atoms with Crippen LogP contribution in [0.5, 0.6) is 0 Å². The summed E-state index contributed by atoms with van der Waals surface area (Å²) < 4.78 is 15.6. The molecule has 7 heteroatoms. The molecule has 0 bridgehead atoms. The van der Waals surface area contributed by atoms with Gasteiger partial charge >= 0.3 is 0 Å². The molecule has 0 aromatic carbocycles. The normalized spacial score (nSPS) is 16.9. The molecule has 1 aliphatic heterocycles. The van der Waals surface area contributed by atoms with Gasteiger partial charge in [-0.05, 0) is 32.4 Å². The largest absolute Gasteiger partial charge is 0.385 e. The summed E-state index contributed by atoms with van der Waals surface area (Å²) in [6.07, 6.45) is 2.49. The van der Waals surface area contributed by atoms with E-state index in [1.54, 1.807) is 21.3 Å². The topological polar surface area (TPSA) is 60.0 Å². The van der Waals surface area contributed by atoms with Crippen molar-refractivity contribution in [2.24, 2.45) is 5.41 Å². The standard InChI is InChI=1S/C15H30N2O4.ClH/c1-19-11-4-9-17(10-12-20-2)14(18)15(13-21-3)5-7-16-8-6-15;/h16H,4-13H2,1-3H3;1H. The van der Waals surface area contributed by atoms with Gasteiger partial charge in [0, 0.05) is 41.0 Å². The molecule has 1 fully saturated rings. The van der Waals surface area contributed by atoms with Crippen LogP contribution in [0, 0.1) is 5.41 Å². The van der Waals surface area contributed by atoms with Crippen LogP contribution in [0.15, 0.2) is 0 Å². The zero-order valence-corrected chi connectivity index (χ0v) is 14.9. The summed E-state index contributed by atoms with van der Waals surface area (Å²) in [4.78, 5) is 14.9. The number of nitrogens with one attached hydrogen (secondary N) is 1. The molecular weight excluding hydrogens is 308 g/mol. The number of nitrogens with zero attached hydrogens (tertiary/aromatic N) is 1. The minimum Gasteiger partial charge on any atom is -0.385 e. The van der Waals surface area contributed by atoms with E-state index in [4.69, 9.17) is 14.2 Å². The summed E-state index contributed by atoms with van der Waals surface area (Å²) in [5, 5.41) is 3.32. The quantitative estimate of drug-likeness (QED) is 0.601. The van der Waals surface area contributed by atoms with E-state index >= 15 is 0 Å². The second kappa shape index (κ2) is 12.1. The molecule has 0 radical (unpaired) electrons. The maximum Gasteiger partial charge on any atom is 0.231 e. The highest BCUT2D eigenvalue weighted by Crippen LogP contribution is 2.31. The number of piperidine rings is 1. The summed E-state index contributed by atoms with van der Waals surface area (Å²) in [6, 6.07) is 0. The lowest BCUT2D eigenvalue weighted by atomic mass is 9.78. The summed E-state index contributed by atoms with van der Waals surface area (Å²) in [5.41, 5.74) is -0.388. The van der Waals surface area contributed by atoms with Crippen molar-refractivity contribution in [1.29, 1.82) is 0 Å². The van der Waals surface area contributed by atoms with Crippen LogP contribution < -0.4 is 5.32 Å². The first-order chi connectivity index (χ1) is 10.2. The smallest absolute Gasteiger partial charge is 0.231 e. The van der Waals surface area contributed by atoms with E-state index < -0.39 is 0 Å². The number of methoxy groups -OCH3 is 3. The van der Waals surface area contributed by atoms with Crippen LogP contribution >= 0.6 is 12.4 Å². The summed E-state index contributed by atoms with van der Waals surface area (Å²) in [6.45, 7) is 4.76. The van der Waals surface area contributed by atoms with Crippen LogP contribution in [0.4, 0.5) is 0 Å². The molecule has 1 heterocycles. The number of hydrogen-bond acceptors (Lipinski definition) is 5. The fourth-order valence-electron chi connectivity index (χ4n) is 2.85. The Balaban J connectivity index is 0.00000441. The van der Waals surface area contributed by atoms with Crippen molar-refractivity contribution in [1.82, 2.24) is 10.2 Å². The SMILES string of the molecule is COCCCN(CCOC)C(=O)C1(COC)CCNCC1.Cl. The van der Waals surface area contributed by atoms with Crippen LogP contribution in [0.3, 0.4) is 0 Å². The van der Waals surface area contributed by atoms with Gasteiger partial charge in [0.25, 0.3) is 0 Å². The van der Waals surface area contributed by atoms with Gasteiger partial charge in [0.15, 0.2) is 0 Å². The number of amides is 1. The molecule has 132 valence electrons. The summed E-state index contributed by atoms with van der Waals surface area (Å²) >= 11 is 0. The van der Waals surface area contributed by atoms with Crippen molar-refractivity contribution in [3.8, 4) is 0 Å². The highest BCUT2D eigenvalue weighted by molar-refractivity contribution is 5.85. The lowest BCUT2D eigenvalue weighted by Crippen LogP contribution is -2.52. The van der Waals surface area contributed by atoms with Gasteiger partial charge in [-0.3, -0.25) is 4.79 Å². The molecule has 0 saturated carbocycles. The number of rotatable bonds is 10. The monoisotopic (exact) mass is 338 g/mol. The third-order valence-electron chi connectivity index (χ3n) is 4.06. The lowest BCUT2D eigenvalue weighted by Gasteiger charge is -2.39. The van der Waals surface area contributed by atoms with Gasteiger partial charge < -0.3 is 24.4 Å². The Labute approximate surface area is 140 Å². The maximum atomic E-state index is 13.0. The van der Waals surface area contributed by atoms with E-state index in [-0.39, 0.29) is 23.7 Å². The minimum atomic E-state index is -0.388. The molecule has 1 rings (SSSR count). The van der Waals surface area contributed by atoms with Gasteiger partial charge in [-0.1, -0.05) is 0 Å². The number of ether oxygens (including phenoxy) is 3. The average Bonchev–Trinajstić information content (AvgIpc) is 2.51. The molecule has 22 heavy (non-hydrogen) atoms. The Hall–Kier alpha value is -0.400. The number of carbonyl (C=O) groups is 1. The highest BCUT2D eigenvalue weighted by atomic mass is 35.5. The van der Waals surface area contributed by atoms with Gasteiger partial charge in [-0.25, -0.2) is 0 Å². The van der Waals surface area contributed by atoms with E-state index in [0.717, 1.165) is 32.4 Å². The predicted octanol–water partition coefficient (Wildman–Crippen LogP) is 0.936. The van der Waals surface area contributed by atoms with E-state index in [2.05, 4.69) is 5.32 Å². The highest BCUT2D eigenvalue weighted by Gasteiger charge is 2.41. The minimum absolute atomic E-state index is 0. The third-order valence-corrected chi connectivity index (χ3v) is 4.06. The first-order valence-corrected chi connectivity index (χ1v) is 7.67. The molecule has 0 atom stereocenters. The zero-order chi connectivity index (χ0) is 15.6. The summed E-state index contributed by atoms with van der Waals surface area (Å²) in [7, 11) is 5.01. The maximum absolute atomic E-state index is 13.0. The van der Waals surface area contributed by atoms with Gasteiger partial charge in [0.2, 0.25) is 5.91 Å². The van der Waals surface area contributed by atoms with E-state index in [1.165, 1.54) is 0 Å². The lowest BCUT2D eigenvalue weighted by molar-refractivity contribution is -0.148. The molecule has 6 nitrogen and oxygen atoms in total. The fourth-order valence-corrected chi connectivity index (χ4v) is 2.85. The van der Waals surface area contributed by atoms with Gasteiger partial charge in [-0.2, -0.15) is 0 Å². The van der Waals surface area contributed by atoms with Crippen LogP contribution in [0.1, 0.15) is 19.3 Å². The van der Waals surface area contributed by atoms with Gasteiger partial charge in [0.05, 0.1) is 18.6 Å². The van der Waals surface area contributed by atoms with Crippen molar-refractivity contribution in [2.45, 2.75) is 19.3 Å². The molecule has 1 N–H and O–H groups in total. The number of halogens is 1. The van der Waals surface area contributed by atoms with E-state index in [9.17, 15) is 4.79 Å². The first-order valence-electron chi connectivity index (χ1n) is 7.67. The molecule has 0 aromatic rings. The molecular formula is C15H31ClN2O4. The number of carbonyl (C=O) groups excluding carboxylic acids is 1. The second-order valence-electron chi connectivity index (χ2n) is 5.59. The molecule has 0 unspecified atom stereocenters. The predicted molar refractivity (Wildman–Crippen MR) is 88.6 cm³/mol. The van der Waals surface area contributed by atoms with Gasteiger partial charge in [0.1, 0.15) is 0 Å². The van der Waals surface area contributed by atoms with Crippen molar-refractivity contribution in [3.05, 3.63) is 0 Å². The second-order valence-corrected chi connectivity index (χ2v) is 5.59. The fraction of sp³-hybridized carbons (Fsp3) is 0.933. The van der Waals surface area contributed by atoms with E-state index in [0.29, 0.717) is 32.9 Å². The molecule has 0 aliphatic carbocycles. The zero-order valence-electron chi connectivity index (χ0n) is 14.1. The molecule has 1 aliphatic rings. The Bertz CT molecular complexity index is 294. The molecule has 1 amide bonds. The Morgan fingerprint density at radius 3 is 2.23 bits per heavy atom. The Morgan fingerprint density at radius 2 is 1.68 bits per heavy atom.